The molecule has 1 rings (SSSR count). The minimum absolute atomic E-state index is 0.0313. The molecular weight excluding hydrogens is 198 g/mol. The van der Waals surface area contributed by atoms with E-state index in [0.717, 1.165) is 24.7 Å². The van der Waals surface area contributed by atoms with Crippen molar-refractivity contribution in [2.45, 2.75) is 65.5 Å². The van der Waals surface area contributed by atoms with Crippen LogP contribution in [0, 0.1) is 11.8 Å². The number of aliphatic hydroxyl groups excluding tert-OH is 1. The molecule has 0 atom stereocenters. The van der Waals surface area contributed by atoms with E-state index in [1.54, 1.807) is 0 Å². The van der Waals surface area contributed by atoms with Gasteiger partial charge in [-0.2, -0.15) is 0 Å². The molecule has 1 saturated carbocycles. The summed E-state index contributed by atoms with van der Waals surface area (Å²) in [7, 11) is 0. The number of rotatable bonds is 5. The van der Waals surface area contributed by atoms with Crippen LogP contribution in [-0.4, -0.2) is 35.2 Å². The van der Waals surface area contributed by atoms with Crippen LogP contribution in [0.3, 0.4) is 0 Å². The van der Waals surface area contributed by atoms with Gasteiger partial charge in [0.1, 0.15) is 0 Å². The highest BCUT2D eigenvalue weighted by molar-refractivity contribution is 4.80. The summed E-state index contributed by atoms with van der Waals surface area (Å²) < 4.78 is 0. The van der Waals surface area contributed by atoms with Crippen molar-refractivity contribution in [2.24, 2.45) is 11.8 Å². The molecule has 0 aromatic carbocycles. The maximum absolute atomic E-state index is 9.55. The normalized spacial score (nSPS) is 27.0. The Bertz CT molecular complexity index is 173. The van der Waals surface area contributed by atoms with Crippen LogP contribution in [-0.2, 0) is 0 Å². The third kappa shape index (κ3) is 4.84. The van der Waals surface area contributed by atoms with Gasteiger partial charge >= 0.3 is 0 Å². The molecule has 0 aromatic heterocycles. The van der Waals surface area contributed by atoms with E-state index in [4.69, 9.17) is 0 Å². The Morgan fingerprint density at radius 3 is 1.75 bits per heavy atom. The lowest BCUT2D eigenvalue weighted by Crippen LogP contribution is -2.42. The second kappa shape index (κ2) is 6.61. The zero-order valence-electron chi connectivity index (χ0n) is 11.4. The molecule has 0 bridgehead atoms. The van der Waals surface area contributed by atoms with Crippen molar-refractivity contribution in [2.75, 3.05) is 13.1 Å². The molecule has 0 amide bonds. The summed E-state index contributed by atoms with van der Waals surface area (Å²) in [5.41, 5.74) is 0. The molecule has 0 saturated heterocycles. The van der Waals surface area contributed by atoms with Crippen LogP contribution >= 0.6 is 0 Å². The minimum Gasteiger partial charge on any atom is -0.393 e. The maximum atomic E-state index is 9.55. The largest absolute Gasteiger partial charge is 0.393 e. The smallest absolute Gasteiger partial charge is 0.0541 e. The molecule has 0 aliphatic heterocycles. The van der Waals surface area contributed by atoms with Gasteiger partial charge in [-0.25, -0.2) is 0 Å². The lowest BCUT2D eigenvalue weighted by Gasteiger charge is -2.37. The fourth-order valence-electron chi connectivity index (χ4n) is 2.73. The number of hydrogen-bond donors (Lipinski definition) is 1. The zero-order valence-corrected chi connectivity index (χ0v) is 11.4. The molecule has 1 N–H and O–H groups in total. The van der Waals surface area contributed by atoms with Gasteiger partial charge in [-0.3, -0.25) is 4.90 Å². The Morgan fingerprint density at radius 1 is 0.938 bits per heavy atom. The number of hydrogen-bond acceptors (Lipinski definition) is 2. The second-order valence-corrected chi connectivity index (χ2v) is 6.20. The third-order valence-electron chi connectivity index (χ3n) is 3.38. The van der Waals surface area contributed by atoms with Crippen molar-refractivity contribution in [3.8, 4) is 0 Å². The summed E-state index contributed by atoms with van der Waals surface area (Å²) in [5.74, 6) is 1.48. The third-order valence-corrected chi connectivity index (χ3v) is 3.38. The van der Waals surface area contributed by atoms with Crippen LogP contribution in [0.1, 0.15) is 53.4 Å². The van der Waals surface area contributed by atoms with Crippen molar-refractivity contribution in [1.82, 2.24) is 4.90 Å². The fourth-order valence-corrected chi connectivity index (χ4v) is 2.73. The summed E-state index contributed by atoms with van der Waals surface area (Å²) in [4.78, 5) is 2.65. The molecule has 2 heteroatoms. The molecule has 2 nitrogen and oxygen atoms in total. The Hall–Kier alpha value is -0.0800. The van der Waals surface area contributed by atoms with E-state index in [0.29, 0.717) is 6.04 Å². The average Bonchev–Trinajstić information content (AvgIpc) is 2.16. The Labute approximate surface area is 101 Å². The van der Waals surface area contributed by atoms with Gasteiger partial charge in [0.05, 0.1) is 6.10 Å². The number of aliphatic hydroxyl groups is 1. The monoisotopic (exact) mass is 227 g/mol. The summed E-state index contributed by atoms with van der Waals surface area (Å²) in [6, 6.07) is 0.716. The van der Waals surface area contributed by atoms with E-state index in [1.807, 2.05) is 0 Å². The van der Waals surface area contributed by atoms with Crippen molar-refractivity contribution < 1.29 is 5.11 Å². The molecular formula is C14H29NO. The van der Waals surface area contributed by atoms with E-state index in [-0.39, 0.29) is 6.10 Å². The van der Waals surface area contributed by atoms with Crippen LogP contribution in [0.25, 0.3) is 0 Å². The highest BCUT2D eigenvalue weighted by atomic mass is 16.3. The first-order valence-corrected chi connectivity index (χ1v) is 6.91. The zero-order chi connectivity index (χ0) is 12.1. The first kappa shape index (κ1) is 14.0. The van der Waals surface area contributed by atoms with Crippen LogP contribution in [0.5, 0.6) is 0 Å². The lowest BCUT2D eigenvalue weighted by molar-refractivity contribution is 0.0628. The van der Waals surface area contributed by atoms with Gasteiger partial charge in [0.2, 0.25) is 0 Å². The molecule has 0 radical (unpaired) electrons. The summed E-state index contributed by atoms with van der Waals surface area (Å²) >= 11 is 0. The van der Waals surface area contributed by atoms with Crippen molar-refractivity contribution >= 4 is 0 Å². The maximum Gasteiger partial charge on any atom is 0.0541 e. The molecule has 0 heterocycles. The van der Waals surface area contributed by atoms with Crippen LogP contribution in [0.4, 0.5) is 0 Å². The summed E-state index contributed by atoms with van der Waals surface area (Å²) in [6.07, 6.45) is 4.33. The van der Waals surface area contributed by atoms with Gasteiger partial charge in [-0.05, 0) is 37.5 Å². The molecule has 1 aliphatic carbocycles. The Balaban J connectivity index is 2.47. The number of nitrogens with zero attached hydrogens (tertiary/aromatic N) is 1. The fraction of sp³-hybridized carbons (Fsp3) is 1.00. The van der Waals surface area contributed by atoms with Gasteiger partial charge < -0.3 is 5.11 Å². The molecule has 96 valence electrons. The molecule has 1 fully saturated rings. The van der Waals surface area contributed by atoms with Crippen molar-refractivity contribution in [3.05, 3.63) is 0 Å². The van der Waals surface area contributed by atoms with Crippen LogP contribution in [0.15, 0.2) is 0 Å². The predicted molar refractivity (Wildman–Crippen MR) is 69.5 cm³/mol. The first-order chi connectivity index (χ1) is 7.49. The van der Waals surface area contributed by atoms with Gasteiger partial charge in [-0.15, -0.1) is 0 Å². The molecule has 0 aromatic rings. The van der Waals surface area contributed by atoms with Gasteiger partial charge in [-0.1, -0.05) is 27.7 Å². The van der Waals surface area contributed by atoms with Crippen molar-refractivity contribution in [1.29, 1.82) is 0 Å². The van der Waals surface area contributed by atoms with Gasteiger partial charge in [0, 0.05) is 19.1 Å². The van der Waals surface area contributed by atoms with Crippen LogP contribution in [0.2, 0.25) is 0 Å². The minimum atomic E-state index is -0.0313. The second-order valence-electron chi connectivity index (χ2n) is 6.20. The van der Waals surface area contributed by atoms with E-state index in [1.165, 1.54) is 25.9 Å². The highest BCUT2D eigenvalue weighted by Gasteiger charge is 2.25. The predicted octanol–water partition coefficient (Wildman–Crippen LogP) is 2.90. The lowest BCUT2D eigenvalue weighted by atomic mass is 9.91. The molecule has 1 aliphatic rings. The summed E-state index contributed by atoms with van der Waals surface area (Å²) in [6.45, 7) is 11.6. The van der Waals surface area contributed by atoms with Gasteiger partial charge in [0.25, 0.3) is 0 Å². The topological polar surface area (TPSA) is 23.5 Å². The quantitative estimate of drug-likeness (QED) is 0.780. The highest BCUT2D eigenvalue weighted by Crippen LogP contribution is 2.24. The first-order valence-electron chi connectivity index (χ1n) is 6.91. The van der Waals surface area contributed by atoms with Crippen LogP contribution < -0.4 is 0 Å². The molecule has 16 heavy (non-hydrogen) atoms. The standard InChI is InChI=1S/C14H29NO/c1-11(2)9-15(10-12(3)4)13-5-7-14(16)8-6-13/h11-14,16H,5-10H2,1-4H3. The average molecular weight is 227 g/mol. The van der Waals surface area contributed by atoms with E-state index in [2.05, 4.69) is 32.6 Å². The molecule has 0 unspecified atom stereocenters. The Morgan fingerprint density at radius 2 is 1.38 bits per heavy atom. The van der Waals surface area contributed by atoms with Gasteiger partial charge in [0.15, 0.2) is 0 Å². The van der Waals surface area contributed by atoms with E-state index in [9.17, 15) is 5.11 Å². The Kier molecular flexibility index (Phi) is 5.77. The summed E-state index contributed by atoms with van der Waals surface area (Å²) in [5, 5.41) is 9.55. The SMILES string of the molecule is CC(C)CN(CC(C)C)C1CCC(O)CC1. The molecule has 0 spiro atoms. The van der Waals surface area contributed by atoms with E-state index < -0.39 is 0 Å². The van der Waals surface area contributed by atoms with E-state index >= 15 is 0 Å². The van der Waals surface area contributed by atoms with Crippen molar-refractivity contribution in [3.63, 3.8) is 0 Å².